The fourth-order valence-corrected chi connectivity index (χ4v) is 1.87. The molecule has 0 aliphatic carbocycles. The number of ether oxygens (including phenoxy) is 1. The van der Waals surface area contributed by atoms with E-state index < -0.39 is 36.0 Å². The van der Waals surface area contributed by atoms with E-state index in [-0.39, 0.29) is 16.9 Å². The van der Waals surface area contributed by atoms with Gasteiger partial charge in [0.1, 0.15) is 12.0 Å². The molecule has 0 fully saturated rings. The molecule has 0 spiro atoms. The summed E-state index contributed by atoms with van der Waals surface area (Å²) in [6.45, 7) is -2.70. The Morgan fingerprint density at radius 3 is 2.78 bits per heavy atom. The summed E-state index contributed by atoms with van der Waals surface area (Å²) in [6, 6.07) is 2.27. The van der Waals surface area contributed by atoms with Gasteiger partial charge < -0.3 is 4.74 Å². The largest absolute Gasteiger partial charge is 0.475 e. The predicted molar refractivity (Wildman–Crippen MR) is 60.7 cm³/mol. The van der Waals surface area contributed by atoms with Gasteiger partial charge in [-0.3, -0.25) is 4.79 Å². The smallest absolute Gasteiger partial charge is 0.429 e. The van der Waals surface area contributed by atoms with E-state index in [2.05, 4.69) is 0 Å². The van der Waals surface area contributed by atoms with E-state index in [1.807, 2.05) is 0 Å². The molecule has 1 aromatic carbocycles. The summed E-state index contributed by atoms with van der Waals surface area (Å²) in [5.41, 5.74) is -1.05. The quantitative estimate of drug-likeness (QED) is 0.735. The van der Waals surface area contributed by atoms with Crippen molar-refractivity contribution in [3.05, 3.63) is 33.9 Å². The second-order valence-corrected chi connectivity index (χ2v) is 4.11. The average Bonchev–Trinajstić information content (AvgIpc) is 2.33. The Labute approximate surface area is 110 Å². The van der Waals surface area contributed by atoms with Gasteiger partial charge in [0, 0.05) is 20.3 Å². The predicted octanol–water partition coefficient (Wildman–Crippen LogP) is 3.55. The highest BCUT2D eigenvalue weighted by molar-refractivity contribution is 6.30. The molecular formula is C12H8ClF3O2. The van der Waals surface area contributed by atoms with Gasteiger partial charge in [-0.2, -0.15) is 13.2 Å². The first-order valence-corrected chi connectivity index (χ1v) is 5.16. The summed E-state index contributed by atoms with van der Waals surface area (Å²) >= 11 is 5.76. The van der Waals surface area contributed by atoms with Crippen LogP contribution in [0.1, 0.15) is 15.2 Å². The van der Waals surface area contributed by atoms with Crippen molar-refractivity contribution in [1.29, 1.82) is 0 Å². The van der Waals surface area contributed by atoms with Crippen molar-refractivity contribution < 1.29 is 26.8 Å². The van der Waals surface area contributed by atoms with Crippen LogP contribution >= 0.6 is 11.6 Å². The number of halogens is 4. The molecule has 1 aliphatic heterocycles. The van der Waals surface area contributed by atoms with Gasteiger partial charge in [0.2, 0.25) is 6.10 Å². The van der Waals surface area contributed by atoms with Gasteiger partial charge >= 0.3 is 6.18 Å². The van der Waals surface area contributed by atoms with Gasteiger partial charge in [-0.15, -0.1) is 0 Å². The Balaban J connectivity index is 2.67. The maximum Gasteiger partial charge on any atom is 0.429 e. The molecule has 0 unspecified atom stereocenters. The summed E-state index contributed by atoms with van der Waals surface area (Å²) in [7, 11) is 0. The van der Waals surface area contributed by atoms with Gasteiger partial charge in [-0.25, -0.2) is 0 Å². The SMILES string of the molecule is [2H]C([2H])([2H])c1cc(Cl)cc2c1O[C@H](C(F)(F)F)C(C=O)=C2. The number of rotatable bonds is 1. The molecule has 0 N–H and O–H groups in total. The van der Waals surface area contributed by atoms with E-state index in [1.54, 1.807) is 0 Å². The molecule has 2 rings (SSSR count). The summed E-state index contributed by atoms with van der Waals surface area (Å²) < 4.78 is 65.5. The molecule has 1 atom stereocenters. The lowest BCUT2D eigenvalue weighted by molar-refractivity contribution is -0.184. The first kappa shape index (κ1) is 9.44. The van der Waals surface area contributed by atoms with E-state index in [0.717, 1.165) is 12.1 Å². The Hall–Kier alpha value is -1.49. The van der Waals surface area contributed by atoms with Gasteiger partial charge in [0.15, 0.2) is 0 Å². The Kier molecular flexibility index (Phi) is 2.26. The van der Waals surface area contributed by atoms with E-state index in [4.69, 9.17) is 20.5 Å². The lowest BCUT2D eigenvalue weighted by Crippen LogP contribution is -2.38. The molecule has 1 heterocycles. The maximum atomic E-state index is 12.9. The van der Waals surface area contributed by atoms with Gasteiger partial charge in [0.25, 0.3) is 0 Å². The minimum atomic E-state index is -4.84. The highest BCUT2D eigenvalue weighted by atomic mass is 35.5. The molecule has 0 saturated carbocycles. The van der Waals surface area contributed by atoms with Crippen LogP contribution in [-0.4, -0.2) is 18.6 Å². The van der Waals surface area contributed by atoms with Crippen LogP contribution in [0.2, 0.25) is 5.02 Å². The van der Waals surface area contributed by atoms with Crippen LogP contribution in [-0.2, 0) is 4.79 Å². The normalized spacial score (nSPS) is 21.9. The fraction of sp³-hybridized carbons (Fsp3) is 0.250. The maximum absolute atomic E-state index is 12.9. The molecule has 0 radical (unpaired) electrons. The molecule has 96 valence electrons. The Morgan fingerprint density at radius 1 is 1.50 bits per heavy atom. The minimum Gasteiger partial charge on any atom is -0.475 e. The van der Waals surface area contributed by atoms with E-state index in [1.165, 1.54) is 6.07 Å². The molecule has 1 aliphatic rings. The van der Waals surface area contributed by atoms with E-state index >= 15 is 0 Å². The van der Waals surface area contributed by atoms with E-state index in [0.29, 0.717) is 0 Å². The van der Waals surface area contributed by atoms with Crippen molar-refractivity contribution in [2.24, 2.45) is 0 Å². The van der Waals surface area contributed by atoms with Gasteiger partial charge in [-0.05, 0) is 30.6 Å². The summed E-state index contributed by atoms with van der Waals surface area (Å²) in [6.07, 6.45) is -6.37. The lowest BCUT2D eigenvalue weighted by Gasteiger charge is -2.27. The zero-order valence-electron chi connectivity index (χ0n) is 11.7. The van der Waals surface area contributed by atoms with Crippen LogP contribution in [0.25, 0.3) is 6.08 Å². The van der Waals surface area contributed by atoms with Crippen LogP contribution in [0.3, 0.4) is 0 Å². The number of carbonyl (C=O) groups is 1. The lowest BCUT2D eigenvalue weighted by atomic mass is 10.00. The molecule has 2 nitrogen and oxygen atoms in total. The monoisotopic (exact) mass is 279 g/mol. The second-order valence-electron chi connectivity index (χ2n) is 3.67. The molecule has 0 bridgehead atoms. The van der Waals surface area contributed by atoms with Crippen molar-refractivity contribution in [2.75, 3.05) is 0 Å². The van der Waals surface area contributed by atoms with Gasteiger partial charge in [0.05, 0.1) is 0 Å². The van der Waals surface area contributed by atoms with Crippen molar-refractivity contribution in [3.63, 3.8) is 0 Å². The number of hydrogen-bond donors (Lipinski definition) is 0. The van der Waals surface area contributed by atoms with Crippen molar-refractivity contribution >= 4 is 24.0 Å². The zero-order valence-corrected chi connectivity index (χ0v) is 9.47. The standard InChI is InChI=1S/C12H8ClF3O2/c1-6-2-9(13)4-7-3-8(5-17)11(12(14,15)16)18-10(6)7/h2-5,11H,1H3/t11-/m0/s1/i1D3. The Morgan fingerprint density at radius 2 is 2.22 bits per heavy atom. The first-order chi connectivity index (χ1) is 9.54. The molecule has 0 aromatic heterocycles. The third-order valence-electron chi connectivity index (χ3n) is 2.38. The summed E-state index contributed by atoms with van der Waals surface area (Å²) in [4.78, 5) is 10.8. The van der Waals surface area contributed by atoms with Crippen molar-refractivity contribution in [3.8, 4) is 5.75 Å². The number of fused-ring (bicyclic) bond motifs is 1. The Bertz CT molecular complexity index is 623. The van der Waals surface area contributed by atoms with Crippen LogP contribution in [0, 0.1) is 6.85 Å². The third kappa shape index (κ3) is 2.22. The molecular weight excluding hydrogens is 269 g/mol. The second kappa shape index (κ2) is 4.31. The molecule has 18 heavy (non-hydrogen) atoms. The highest BCUT2D eigenvalue weighted by Gasteiger charge is 2.46. The number of carbonyl (C=O) groups excluding carboxylic acids is 1. The zero-order chi connectivity index (χ0) is 16.0. The molecule has 6 heteroatoms. The van der Waals surface area contributed by atoms with E-state index in [9.17, 15) is 18.0 Å². The van der Waals surface area contributed by atoms with Crippen LogP contribution in [0.5, 0.6) is 5.75 Å². The number of aldehydes is 1. The molecule has 0 saturated heterocycles. The minimum absolute atomic E-state index is 0.0235. The number of alkyl halides is 3. The van der Waals surface area contributed by atoms with Crippen LogP contribution < -0.4 is 4.74 Å². The summed E-state index contributed by atoms with van der Waals surface area (Å²) in [5.74, 6) is -0.438. The first-order valence-electron chi connectivity index (χ1n) is 6.28. The van der Waals surface area contributed by atoms with Crippen molar-refractivity contribution in [1.82, 2.24) is 0 Å². The van der Waals surface area contributed by atoms with Gasteiger partial charge in [-0.1, -0.05) is 11.6 Å². The average molecular weight is 280 g/mol. The third-order valence-corrected chi connectivity index (χ3v) is 2.59. The fourth-order valence-electron chi connectivity index (χ4n) is 1.65. The molecule has 0 amide bonds. The molecule has 1 aromatic rings. The van der Waals surface area contributed by atoms with Crippen LogP contribution in [0.15, 0.2) is 17.7 Å². The van der Waals surface area contributed by atoms with Crippen molar-refractivity contribution in [2.45, 2.75) is 19.1 Å². The topological polar surface area (TPSA) is 26.3 Å². The van der Waals surface area contributed by atoms with Crippen LogP contribution in [0.4, 0.5) is 13.2 Å². The highest BCUT2D eigenvalue weighted by Crippen LogP contribution is 2.39. The number of hydrogen-bond acceptors (Lipinski definition) is 2. The number of aryl methyl sites for hydroxylation is 1. The number of benzene rings is 1. The summed E-state index contributed by atoms with van der Waals surface area (Å²) in [5, 5.41) is 0.0235.